The van der Waals surface area contributed by atoms with E-state index < -0.39 is 0 Å². The summed E-state index contributed by atoms with van der Waals surface area (Å²) in [6.07, 6.45) is 4.88. The van der Waals surface area contributed by atoms with E-state index in [4.69, 9.17) is 0 Å². The van der Waals surface area contributed by atoms with E-state index in [0.29, 0.717) is 13.1 Å². The first-order valence-electron chi connectivity index (χ1n) is 9.96. The van der Waals surface area contributed by atoms with Crippen molar-refractivity contribution < 1.29 is 0 Å². The van der Waals surface area contributed by atoms with Crippen LogP contribution in [0.1, 0.15) is 12.8 Å². The number of hydrogen-bond donors (Lipinski definition) is 0. The molecule has 2 aromatic carbocycles. The topological polar surface area (TPSA) is 69.8 Å². The minimum absolute atomic E-state index is 0.126. The lowest BCUT2D eigenvalue weighted by Crippen LogP contribution is -2.24. The van der Waals surface area contributed by atoms with Gasteiger partial charge in [-0.1, -0.05) is 60.7 Å². The molecule has 0 N–H and O–H groups in total. The molecule has 0 radical (unpaired) electrons. The normalized spacial score (nSPS) is 10.8. The number of aromatic nitrogens is 4. The fourth-order valence-corrected chi connectivity index (χ4v) is 3.30. The summed E-state index contributed by atoms with van der Waals surface area (Å²) in [4.78, 5) is 24.7. The summed E-state index contributed by atoms with van der Waals surface area (Å²) in [6, 6.07) is 22.6. The molecule has 0 bridgehead atoms. The van der Waals surface area contributed by atoms with Crippen LogP contribution in [-0.4, -0.2) is 19.6 Å². The van der Waals surface area contributed by atoms with Crippen molar-refractivity contribution in [2.75, 3.05) is 0 Å². The molecule has 4 aromatic rings. The standard InChI is InChI=1S/C24H22N4O2/c29-23-15-21(19-9-3-1-4-10-19)17-25-27(23)13-7-8-14-28-24(30)16-22(18-26-28)20-11-5-2-6-12-20/h1-6,9-12,15-18H,7-8,13-14H2. The Hall–Kier alpha value is -3.80. The summed E-state index contributed by atoms with van der Waals surface area (Å²) in [5.41, 5.74) is 3.31. The smallest absolute Gasteiger partial charge is 0.267 e. The summed E-state index contributed by atoms with van der Waals surface area (Å²) in [5, 5.41) is 8.56. The van der Waals surface area contributed by atoms with Crippen LogP contribution < -0.4 is 11.1 Å². The van der Waals surface area contributed by atoms with Crippen molar-refractivity contribution in [1.82, 2.24) is 19.6 Å². The highest BCUT2D eigenvalue weighted by atomic mass is 16.1. The minimum atomic E-state index is -0.126. The van der Waals surface area contributed by atoms with Gasteiger partial charge in [-0.05, 0) is 24.0 Å². The van der Waals surface area contributed by atoms with E-state index in [0.717, 1.165) is 35.1 Å². The van der Waals surface area contributed by atoms with Crippen molar-refractivity contribution in [2.24, 2.45) is 0 Å². The van der Waals surface area contributed by atoms with Gasteiger partial charge in [0.25, 0.3) is 11.1 Å². The van der Waals surface area contributed by atoms with E-state index in [1.165, 1.54) is 9.36 Å². The lowest BCUT2D eigenvalue weighted by atomic mass is 10.1. The maximum atomic E-state index is 12.3. The maximum Gasteiger partial charge on any atom is 0.267 e. The summed E-state index contributed by atoms with van der Waals surface area (Å²) in [7, 11) is 0. The lowest BCUT2D eigenvalue weighted by molar-refractivity contribution is 0.478. The highest BCUT2D eigenvalue weighted by Gasteiger charge is 2.05. The SMILES string of the molecule is O=c1cc(-c2ccccc2)cnn1CCCCn1ncc(-c2ccccc2)cc1=O. The Kier molecular flexibility index (Phi) is 5.94. The van der Waals surface area contributed by atoms with Gasteiger partial charge in [0.1, 0.15) is 0 Å². The third-order valence-corrected chi connectivity index (χ3v) is 4.94. The molecular formula is C24H22N4O2. The third kappa shape index (κ3) is 4.60. The molecule has 0 aliphatic rings. The van der Waals surface area contributed by atoms with Crippen LogP contribution in [0.2, 0.25) is 0 Å². The monoisotopic (exact) mass is 398 g/mol. The summed E-state index contributed by atoms with van der Waals surface area (Å²) >= 11 is 0. The van der Waals surface area contributed by atoms with Gasteiger partial charge in [-0.25, -0.2) is 9.36 Å². The second-order valence-electron chi connectivity index (χ2n) is 7.05. The average Bonchev–Trinajstić information content (AvgIpc) is 2.79. The summed E-state index contributed by atoms with van der Waals surface area (Å²) in [6.45, 7) is 1.01. The van der Waals surface area contributed by atoms with Gasteiger partial charge in [0, 0.05) is 36.3 Å². The van der Waals surface area contributed by atoms with Crippen molar-refractivity contribution in [1.29, 1.82) is 0 Å². The lowest BCUT2D eigenvalue weighted by Gasteiger charge is -2.08. The van der Waals surface area contributed by atoms with E-state index in [1.54, 1.807) is 24.5 Å². The molecule has 6 nitrogen and oxygen atoms in total. The molecule has 0 fully saturated rings. The molecule has 0 aliphatic carbocycles. The average molecular weight is 398 g/mol. The van der Waals surface area contributed by atoms with E-state index in [9.17, 15) is 9.59 Å². The quantitative estimate of drug-likeness (QED) is 0.446. The van der Waals surface area contributed by atoms with Gasteiger partial charge in [-0.3, -0.25) is 9.59 Å². The fraction of sp³-hybridized carbons (Fsp3) is 0.167. The van der Waals surface area contributed by atoms with Gasteiger partial charge in [0.2, 0.25) is 0 Å². The zero-order valence-electron chi connectivity index (χ0n) is 16.5. The van der Waals surface area contributed by atoms with Crippen molar-refractivity contribution in [3.05, 3.63) is 106 Å². The van der Waals surface area contributed by atoms with Crippen LogP contribution in [0, 0.1) is 0 Å². The maximum absolute atomic E-state index is 12.3. The van der Waals surface area contributed by atoms with Crippen molar-refractivity contribution in [3.63, 3.8) is 0 Å². The Morgan fingerprint density at radius 3 is 1.33 bits per heavy atom. The molecule has 0 saturated carbocycles. The number of rotatable bonds is 7. The molecule has 0 aliphatic heterocycles. The predicted octanol–water partition coefficient (Wildman–Crippen LogP) is 3.61. The second kappa shape index (κ2) is 9.13. The van der Waals surface area contributed by atoms with Gasteiger partial charge in [-0.2, -0.15) is 10.2 Å². The van der Waals surface area contributed by atoms with Crippen LogP contribution >= 0.6 is 0 Å². The molecule has 150 valence electrons. The molecule has 6 heteroatoms. The van der Waals surface area contributed by atoms with Crippen LogP contribution in [-0.2, 0) is 13.1 Å². The highest BCUT2D eigenvalue weighted by molar-refractivity contribution is 5.62. The fourth-order valence-electron chi connectivity index (χ4n) is 3.30. The van der Waals surface area contributed by atoms with Gasteiger partial charge < -0.3 is 0 Å². The van der Waals surface area contributed by atoms with Crippen LogP contribution in [0.15, 0.2) is 94.8 Å². The van der Waals surface area contributed by atoms with Crippen LogP contribution in [0.5, 0.6) is 0 Å². The first kappa shape index (κ1) is 19.5. The summed E-state index contributed by atoms with van der Waals surface area (Å²) in [5.74, 6) is 0. The molecule has 2 aromatic heterocycles. The van der Waals surface area contributed by atoms with Crippen LogP contribution in [0.3, 0.4) is 0 Å². The zero-order chi connectivity index (χ0) is 20.8. The van der Waals surface area contributed by atoms with Gasteiger partial charge in [0.15, 0.2) is 0 Å². The number of nitrogens with zero attached hydrogens (tertiary/aromatic N) is 4. The van der Waals surface area contributed by atoms with Crippen LogP contribution in [0.4, 0.5) is 0 Å². The molecule has 4 rings (SSSR count). The van der Waals surface area contributed by atoms with Gasteiger partial charge >= 0.3 is 0 Å². The van der Waals surface area contributed by atoms with Gasteiger partial charge in [0.05, 0.1) is 12.4 Å². The Labute approximate surface area is 174 Å². The third-order valence-electron chi connectivity index (χ3n) is 4.94. The van der Waals surface area contributed by atoms with Crippen molar-refractivity contribution in [3.8, 4) is 22.3 Å². The Morgan fingerprint density at radius 1 is 0.567 bits per heavy atom. The van der Waals surface area contributed by atoms with Crippen molar-refractivity contribution >= 4 is 0 Å². The predicted molar refractivity (Wildman–Crippen MR) is 117 cm³/mol. The van der Waals surface area contributed by atoms with Crippen molar-refractivity contribution in [2.45, 2.75) is 25.9 Å². The largest absolute Gasteiger partial charge is 0.268 e. The zero-order valence-corrected chi connectivity index (χ0v) is 16.5. The van der Waals surface area contributed by atoms with E-state index in [2.05, 4.69) is 10.2 Å². The first-order valence-corrected chi connectivity index (χ1v) is 9.96. The number of benzene rings is 2. The molecule has 2 heterocycles. The highest BCUT2D eigenvalue weighted by Crippen LogP contribution is 2.16. The molecule has 30 heavy (non-hydrogen) atoms. The molecule has 0 saturated heterocycles. The second-order valence-corrected chi connectivity index (χ2v) is 7.05. The molecular weight excluding hydrogens is 376 g/mol. The Morgan fingerprint density at radius 2 is 0.967 bits per heavy atom. The Bertz CT molecular complexity index is 1130. The number of aryl methyl sites for hydroxylation is 2. The van der Waals surface area contributed by atoms with E-state index >= 15 is 0 Å². The number of hydrogen-bond acceptors (Lipinski definition) is 4. The first-order chi connectivity index (χ1) is 14.7. The summed E-state index contributed by atoms with van der Waals surface area (Å²) < 4.78 is 2.92. The minimum Gasteiger partial charge on any atom is -0.268 e. The van der Waals surface area contributed by atoms with E-state index in [-0.39, 0.29) is 11.1 Å². The van der Waals surface area contributed by atoms with E-state index in [1.807, 2.05) is 60.7 Å². The molecule has 0 amide bonds. The van der Waals surface area contributed by atoms with Gasteiger partial charge in [-0.15, -0.1) is 0 Å². The number of unbranched alkanes of at least 4 members (excludes halogenated alkanes) is 1. The molecule has 0 unspecified atom stereocenters. The van der Waals surface area contributed by atoms with Crippen LogP contribution in [0.25, 0.3) is 22.3 Å². The molecule has 0 spiro atoms. The molecule has 0 atom stereocenters. The Balaban J connectivity index is 1.34.